The summed E-state index contributed by atoms with van der Waals surface area (Å²) < 4.78 is 6.31. The molecule has 1 fully saturated rings. The van der Waals surface area contributed by atoms with E-state index in [1.807, 2.05) is 48.5 Å². The standard InChI is InChI=1S/C24H29ClN2O3/c1-16(28)27-20(12-17-6-3-2-4-7-17)22(29)15-26-21-14-24(10-5-11-24)30-23-9-8-18(25)13-19(21)23/h2-4,6-9,13,20-22,26,29H,5,10-12,14-15H2,1H3,(H,27,28)/t20-,21-,22+/m0/s1. The van der Waals surface area contributed by atoms with Gasteiger partial charge in [0.2, 0.25) is 5.91 Å². The van der Waals surface area contributed by atoms with E-state index in [2.05, 4.69) is 10.6 Å². The summed E-state index contributed by atoms with van der Waals surface area (Å²) in [6, 6.07) is 15.3. The van der Waals surface area contributed by atoms with Crippen molar-refractivity contribution in [2.24, 2.45) is 0 Å². The van der Waals surface area contributed by atoms with Gasteiger partial charge in [-0.3, -0.25) is 4.79 Å². The third kappa shape index (κ3) is 4.80. The second kappa shape index (κ2) is 8.96. The Labute approximate surface area is 182 Å². The lowest BCUT2D eigenvalue weighted by Gasteiger charge is -2.48. The van der Waals surface area contributed by atoms with Gasteiger partial charge in [-0.2, -0.15) is 0 Å². The Morgan fingerprint density at radius 1 is 1.27 bits per heavy atom. The lowest BCUT2D eigenvalue weighted by molar-refractivity contribution is -0.120. The first-order valence-corrected chi connectivity index (χ1v) is 11.0. The highest BCUT2D eigenvalue weighted by Gasteiger charge is 2.45. The highest BCUT2D eigenvalue weighted by Crippen LogP contribution is 2.49. The Hall–Kier alpha value is -2.08. The molecule has 2 aromatic rings. The molecule has 2 aromatic carbocycles. The van der Waals surface area contributed by atoms with Gasteiger partial charge in [-0.1, -0.05) is 41.9 Å². The summed E-state index contributed by atoms with van der Waals surface area (Å²) >= 11 is 6.24. The topological polar surface area (TPSA) is 70.6 Å². The molecule has 3 N–H and O–H groups in total. The zero-order valence-electron chi connectivity index (χ0n) is 17.2. The molecule has 160 valence electrons. The number of amides is 1. The van der Waals surface area contributed by atoms with E-state index in [0.717, 1.165) is 36.1 Å². The van der Waals surface area contributed by atoms with Crippen molar-refractivity contribution >= 4 is 17.5 Å². The average Bonchev–Trinajstić information content (AvgIpc) is 2.70. The molecule has 1 spiro atoms. The number of hydrogen-bond donors (Lipinski definition) is 3. The first kappa shape index (κ1) is 21.2. The second-order valence-electron chi connectivity index (χ2n) is 8.55. The van der Waals surface area contributed by atoms with Gasteiger partial charge in [-0.25, -0.2) is 0 Å². The maximum Gasteiger partial charge on any atom is 0.217 e. The largest absolute Gasteiger partial charge is 0.487 e. The average molecular weight is 429 g/mol. The van der Waals surface area contributed by atoms with Crippen molar-refractivity contribution in [1.29, 1.82) is 0 Å². The predicted octanol–water partition coefficient (Wildman–Crippen LogP) is 3.78. The molecule has 1 heterocycles. The van der Waals surface area contributed by atoms with Crippen molar-refractivity contribution in [3.05, 3.63) is 64.7 Å². The van der Waals surface area contributed by atoms with E-state index in [4.69, 9.17) is 16.3 Å². The van der Waals surface area contributed by atoms with Gasteiger partial charge in [0, 0.05) is 36.5 Å². The number of rotatable bonds is 7. The van der Waals surface area contributed by atoms with Crippen LogP contribution in [0.3, 0.4) is 0 Å². The zero-order chi connectivity index (χ0) is 21.1. The number of fused-ring (bicyclic) bond motifs is 1. The van der Waals surface area contributed by atoms with Gasteiger partial charge in [0.25, 0.3) is 0 Å². The third-order valence-electron chi connectivity index (χ3n) is 6.24. The minimum atomic E-state index is -0.725. The van der Waals surface area contributed by atoms with Gasteiger partial charge in [0.1, 0.15) is 11.4 Å². The molecule has 0 saturated heterocycles. The minimum Gasteiger partial charge on any atom is -0.487 e. The molecule has 2 aliphatic rings. The number of aliphatic hydroxyl groups is 1. The maximum atomic E-state index is 11.7. The molecular formula is C24H29ClN2O3. The molecule has 30 heavy (non-hydrogen) atoms. The molecule has 6 heteroatoms. The normalized spacial score (nSPS) is 21.1. The van der Waals surface area contributed by atoms with Crippen LogP contribution in [-0.2, 0) is 11.2 Å². The van der Waals surface area contributed by atoms with E-state index in [-0.39, 0.29) is 23.6 Å². The number of halogens is 1. The van der Waals surface area contributed by atoms with Gasteiger partial charge in [-0.05, 0) is 49.4 Å². The van der Waals surface area contributed by atoms with Gasteiger partial charge in [0.05, 0.1) is 12.1 Å². The monoisotopic (exact) mass is 428 g/mol. The third-order valence-corrected chi connectivity index (χ3v) is 6.47. The number of nitrogens with one attached hydrogen (secondary N) is 2. The van der Waals surface area contributed by atoms with E-state index in [1.165, 1.54) is 13.3 Å². The molecule has 1 saturated carbocycles. The van der Waals surface area contributed by atoms with E-state index in [1.54, 1.807) is 0 Å². The number of hydrogen-bond acceptors (Lipinski definition) is 4. The van der Waals surface area contributed by atoms with Gasteiger partial charge in [0.15, 0.2) is 0 Å². The molecule has 3 atom stereocenters. The molecule has 5 nitrogen and oxygen atoms in total. The number of aliphatic hydroxyl groups excluding tert-OH is 1. The summed E-state index contributed by atoms with van der Waals surface area (Å²) in [6.45, 7) is 1.85. The fourth-order valence-electron chi connectivity index (χ4n) is 4.52. The van der Waals surface area contributed by atoms with Crippen LogP contribution >= 0.6 is 11.6 Å². The van der Waals surface area contributed by atoms with Crippen LogP contribution in [0.15, 0.2) is 48.5 Å². The fraction of sp³-hybridized carbons (Fsp3) is 0.458. The molecule has 1 aliphatic carbocycles. The smallest absolute Gasteiger partial charge is 0.217 e. The fourth-order valence-corrected chi connectivity index (χ4v) is 4.70. The summed E-state index contributed by atoms with van der Waals surface area (Å²) in [4.78, 5) is 11.7. The molecule has 1 aliphatic heterocycles. The van der Waals surface area contributed by atoms with Crippen LogP contribution in [0.1, 0.15) is 49.8 Å². The van der Waals surface area contributed by atoms with Crippen molar-refractivity contribution in [1.82, 2.24) is 10.6 Å². The minimum absolute atomic E-state index is 0.0529. The predicted molar refractivity (Wildman–Crippen MR) is 118 cm³/mol. The SMILES string of the molecule is CC(=O)N[C@@H](Cc1ccccc1)[C@H](O)CN[C@H]1CC2(CCC2)Oc2ccc(Cl)cc21. The Balaban J connectivity index is 1.46. The highest BCUT2D eigenvalue weighted by molar-refractivity contribution is 6.30. The summed E-state index contributed by atoms with van der Waals surface area (Å²) in [7, 11) is 0. The van der Waals surface area contributed by atoms with Crippen molar-refractivity contribution in [2.45, 2.75) is 62.8 Å². The maximum absolute atomic E-state index is 11.7. The molecule has 0 aromatic heterocycles. The number of carbonyl (C=O) groups excluding carboxylic acids is 1. The Bertz CT molecular complexity index is 885. The van der Waals surface area contributed by atoms with E-state index >= 15 is 0 Å². The second-order valence-corrected chi connectivity index (χ2v) is 8.99. The summed E-state index contributed by atoms with van der Waals surface area (Å²) in [6.07, 6.45) is 3.99. The van der Waals surface area contributed by atoms with Crippen LogP contribution in [0.5, 0.6) is 5.75 Å². The molecule has 0 radical (unpaired) electrons. The van der Waals surface area contributed by atoms with Crippen LogP contribution in [0.25, 0.3) is 0 Å². The van der Waals surface area contributed by atoms with Crippen LogP contribution in [0, 0.1) is 0 Å². The molecule has 1 amide bonds. The Morgan fingerprint density at radius 3 is 2.70 bits per heavy atom. The van der Waals surface area contributed by atoms with Crippen LogP contribution in [-0.4, -0.2) is 35.3 Å². The first-order valence-electron chi connectivity index (χ1n) is 10.7. The quantitative estimate of drug-likeness (QED) is 0.627. The molecule has 0 bridgehead atoms. The van der Waals surface area contributed by atoms with E-state index < -0.39 is 6.10 Å². The Morgan fingerprint density at radius 2 is 2.03 bits per heavy atom. The number of benzene rings is 2. The first-order chi connectivity index (χ1) is 14.4. The van der Waals surface area contributed by atoms with Crippen LogP contribution in [0.2, 0.25) is 5.02 Å². The molecular weight excluding hydrogens is 400 g/mol. The zero-order valence-corrected chi connectivity index (χ0v) is 18.0. The van der Waals surface area contributed by atoms with Crippen molar-refractivity contribution in [2.75, 3.05) is 6.54 Å². The summed E-state index contributed by atoms with van der Waals surface area (Å²) in [5.41, 5.74) is 2.00. The van der Waals surface area contributed by atoms with Crippen molar-refractivity contribution in [3.8, 4) is 5.75 Å². The summed E-state index contributed by atoms with van der Waals surface area (Å²) in [5.74, 6) is 0.728. The number of carbonyl (C=O) groups is 1. The van der Waals surface area contributed by atoms with Crippen LogP contribution < -0.4 is 15.4 Å². The van der Waals surface area contributed by atoms with E-state index in [0.29, 0.717) is 18.0 Å². The van der Waals surface area contributed by atoms with Gasteiger partial charge in [-0.15, -0.1) is 0 Å². The number of ether oxygens (including phenoxy) is 1. The molecule has 0 unspecified atom stereocenters. The van der Waals surface area contributed by atoms with Gasteiger partial charge < -0.3 is 20.5 Å². The Kier molecular flexibility index (Phi) is 6.32. The summed E-state index contributed by atoms with van der Waals surface area (Å²) in [5, 5.41) is 18.0. The highest BCUT2D eigenvalue weighted by atomic mass is 35.5. The van der Waals surface area contributed by atoms with Crippen molar-refractivity contribution < 1.29 is 14.6 Å². The van der Waals surface area contributed by atoms with E-state index in [9.17, 15) is 9.90 Å². The molecule has 4 rings (SSSR count). The van der Waals surface area contributed by atoms with Gasteiger partial charge >= 0.3 is 0 Å². The van der Waals surface area contributed by atoms with Crippen LogP contribution in [0.4, 0.5) is 0 Å². The van der Waals surface area contributed by atoms with Crippen molar-refractivity contribution in [3.63, 3.8) is 0 Å². The lowest BCUT2D eigenvalue weighted by Crippen LogP contribution is -2.52. The lowest BCUT2D eigenvalue weighted by atomic mass is 9.73.